The van der Waals surface area contributed by atoms with Crippen molar-refractivity contribution in [3.8, 4) is 0 Å². The highest BCUT2D eigenvalue weighted by atomic mass is 15.1. The first-order chi connectivity index (χ1) is 7.02. The normalized spacial score (nSPS) is 11.1. The minimum Gasteiger partial charge on any atom is -0.301 e. The molecule has 1 rings (SSSR count). The van der Waals surface area contributed by atoms with Crippen LogP contribution in [-0.4, -0.2) is 14.1 Å². The molecule has 0 fully saturated rings. The lowest BCUT2D eigenvalue weighted by atomic mass is 9.92. The minimum atomic E-state index is 0.239. The van der Waals surface area contributed by atoms with Gasteiger partial charge in [-0.2, -0.15) is 0 Å². The molecule has 0 radical (unpaired) electrons. The summed E-state index contributed by atoms with van der Waals surface area (Å²) in [5.74, 6) is 0. The molecule has 1 aromatic carbocycles. The Kier molecular flexibility index (Phi) is 3.89. The predicted octanol–water partition coefficient (Wildman–Crippen LogP) is 2.36. The van der Waals surface area contributed by atoms with Crippen LogP contribution in [-0.2, 0) is 0 Å². The van der Waals surface area contributed by atoms with Gasteiger partial charge in [0.15, 0.2) is 0 Å². The molecule has 0 atom stereocenters. The van der Waals surface area contributed by atoms with E-state index in [1.54, 1.807) is 0 Å². The Labute approximate surface area is 93.1 Å². The summed E-state index contributed by atoms with van der Waals surface area (Å²) in [6.07, 6.45) is 0.239. The fraction of sp³-hybridized carbons (Fsp3) is 0.538. The second kappa shape index (κ2) is 4.77. The lowest BCUT2D eigenvalue weighted by molar-refractivity contribution is 0.514. The maximum absolute atomic E-state index is 3.29. The van der Waals surface area contributed by atoms with E-state index < -0.39 is 0 Å². The molecule has 2 N–H and O–H groups in total. The standard InChI is InChI=1S/C13H22N2/c1-8-7-9(2)11(4)12(10(8)3)13(14-5)15-6/h7,13-15H,1-6H3. The Morgan fingerprint density at radius 2 is 1.27 bits per heavy atom. The quantitative estimate of drug-likeness (QED) is 0.742. The molecule has 0 spiro atoms. The van der Waals surface area contributed by atoms with Crippen molar-refractivity contribution in [2.75, 3.05) is 14.1 Å². The van der Waals surface area contributed by atoms with Gasteiger partial charge in [0.2, 0.25) is 0 Å². The van der Waals surface area contributed by atoms with Crippen LogP contribution in [0.3, 0.4) is 0 Å². The Balaban J connectivity index is 3.37. The van der Waals surface area contributed by atoms with Gasteiger partial charge in [0.05, 0.1) is 6.17 Å². The number of hydrogen-bond acceptors (Lipinski definition) is 2. The molecular formula is C13H22N2. The van der Waals surface area contributed by atoms with Gasteiger partial charge in [-0.05, 0) is 69.6 Å². The van der Waals surface area contributed by atoms with Gasteiger partial charge in [-0.3, -0.25) is 0 Å². The van der Waals surface area contributed by atoms with Crippen molar-refractivity contribution in [1.29, 1.82) is 0 Å². The molecule has 0 unspecified atom stereocenters. The smallest absolute Gasteiger partial charge is 0.0835 e. The lowest BCUT2D eigenvalue weighted by Crippen LogP contribution is -2.30. The molecule has 15 heavy (non-hydrogen) atoms. The third kappa shape index (κ3) is 2.21. The molecule has 0 saturated heterocycles. The average Bonchev–Trinajstić information content (AvgIpc) is 2.21. The van der Waals surface area contributed by atoms with Crippen molar-refractivity contribution < 1.29 is 0 Å². The second-order valence-corrected chi connectivity index (χ2v) is 4.18. The molecule has 0 aliphatic carbocycles. The van der Waals surface area contributed by atoms with Gasteiger partial charge in [0.1, 0.15) is 0 Å². The first kappa shape index (κ1) is 12.2. The van der Waals surface area contributed by atoms with Crippen molar-refractivity contribution in [1.82, 2.24) is 10.6 Å². The molecule has 0 saturated carbocycles. The van der Waals surface area contributed by atoms with Gasteiger partial charge in [-0.1, -0.05) is 6.07 Å². The zero-order valence-corrected chi connectivity index (χ0v) is 10.7. The molecule has 1 aromatic rings. The molecule has 84 valence electrons. The number of nitrogens with one attached hydrogen (secondary N) is 2. The summed E-state index contributed by atoms with van der Waals surface area (Å²) in [6, 6.07) is 2.26. The third-order valence-electron chi connectivity index (χ3n) is 3.29. The molecule has 0 amide bonds. The molecular weight excluding hydrogens is 184 g/mol. The van der Waals surface area contributed by atoms with Crippen LogP contribution in [0.15, 0.2) is 6.07 Å². The fourth-order valence-electron chi connectivity index (χ4n) is 2.11. The van der Waals surface area contributed by atoms with Crippen molar-refractivity contribution in [2.24, 2.45) is 0 Å². The fourth-order valence-corrected chi connectivity index (χ4v) is 2.11. The zero-order valence-electron chi connectivity index (χ0n) is 10.7. The number of rotatable bonds is 3. The van der Waals surface area contributed by atoms with E-state index in [9.17, 15) is 0 Å². The Bertz CT molecular complexity index is 326. The monoisotopic (exact) mass is 206 g/mol. The number of aryl methyl sites for hydroxylation is 2. The molecule has 0 aliphatic rings. The van der Waals surface area contributed by atoms with Crippen molar-refractivity contribution in [3.05, 3.63) is 33.9 Å². The molecule has 0 heterocycles. The maximum atomic E-state index is 3.29. The first-order valence-electron chi connectivity index (χ1n) is 5.44. The molecule has 2 heteroatoms. The summed E-state index contributed by atoms with van der Waals surface area (Å²) in [5, 5.41) is 6.59. The molecule has 0 aromatic heterocycles. The van der Waals surface area contributed by atoms with Gasteiger partial charge in [-0.15, -0.1) is 0 Å². The van der Waals surface area contributed by atoms with Gasteiger partial charge < -0.3 is 10.6 Å². The summed E-state index contributed by atoms with van der Waals surface area (Å²) in [4.78, 5) is 0. The zero-order chi connectivity index (χ0) is 11.6. The summed E-state index contributed by atoms with van der Waals surface area (Å²) >= 11 is 0. The van der Waals surface area contributed by atoms with Crippen LogP contribution in [0.2, 0.25) is 0 Å². The number of hydrogen-bond donors (Lipinski definition) is 2. The number of benzene rings is 1. The van der Waals surface area contributed by atoms with E-state index in [0.717, 1.165) is 0 Å². The van der Waals surface area contributed by atoms with E-state index in [2.05, 4.69) is 44.4 Å². The second-order valence-electron chi connectivity index (χ2n) is 4.18. The van der Waals surface area contributed by atoms with Crippen LogP contribution in [0.4, 0.5) is 0 Å². The van der Waals surface area contributed by atoms with Gasteiger partial charge >= 0.3 is 0 Å². The van der Waals surface area contributed by atoms with Gasteiger partial charge in [0, 0.05) is 0 Å². The largest absolute Gasteiger partial charge is 0.301 e. The third-order valence-corrected chi connectivity index (χ3v) is 3.29. The molecule has 0 bridgehead atoms. The predicted molar refractivity (Wildman–Crippen MR) is 66.3 cm³/mol. The Morgan fingerprint density at radius 3 is 1.60 bits per heavy atom. The van der Waals surface area contributed by atoms with Gasteiger partial charge in [-0.25, -0.2) is 0 Å². The maximum Gasteiger partial charge on any atom is 0.0835 e. The average molecular weight is 206 g/mol. The highest BCUT2D eigenvalue weighted by Gasteiger charge is 2.15. The lowest BCUT2D eigenvalue weighted by Gasteiger charge is -2.23. The molecule has 0 aliphatic heterocycles. The molecule has 2 nitrogen and oxygen atoms in total. The van der Waals surface area contributed by atoms with E-state index in [1.807, 2.05) is 14.1 Å². The Hall–Kier alpha value is -0.860. The topological polar surface area (TPSA) is 24.1 Å². The summed E-state index contributed by atoms with van der Waals surface area (Å²) in [6.45, 7) is 8.74. The first-order valence-corrected chi connectivity index (χ1v) is 5.44. The van der Waals surface area contributed by atoms with E-state index in [-0.39, 0.29) is 6.17 Å². The van der Waals surface area contributed by atoms with Crippen LogP contribution < -0.4 is 10.6 Å². The highest BCUT2D eigenvalue weighted by molar-refractivity contribution is 5.45. The van der Waals surface area contributed by atoms with Crippen LogP contribution >= 0.6 is 0 Å². The highest BCUT2D eigenvalue weighted by Crippen LogP contribution is 2.25. The van der Waals surface area contributed by atoms with Crippen molar-refractivity contribution in [3.63, 3.8) is 0 Å². The van der Waals surface area contributed by atoms with E-state index in [0.29, 0.717) is 0 Å². The Morgan fingerprint density at radius 1 is 0.867 bits per heavy atom. The van der Waals surface area contributed by atoms with Crippen LogP contribution in [0.1, 0.15) is 34.0 Å². The minimum absolute atomic E-state index is 0.239. The van der Waals surface area contributed by atoms with Crippen LogP contribution in [0.5, 0.6) is 0 Å². The van der Waals surface area contributed by atoms with E-state index in [4.69, 9.17) is 0 Å². The van der Waals surface area contributed by atoms with E-state index in [1.165, 1.54) is 27.8 Å². The summed E-state index contributed by atoms with van der Waals surface area (Å²) in [5.41, 5.74) is 6.88. The van der Waals surface area contributed by atoms with Crippen molar-refractivity contribution in [2.45, 2.75) is 33.9 Å². The van der Waals surface area contributed by atoms with E-state index >= 15 is 0 Å². The van der Waals surface area contributed by atoms with Crippen molar-refractivity contribution >= 4 is 0 Å². The van der Waals surface area contributed by atoms with Gasteiger partial charge in [0.25, 0.3) is 0 Å². The van der Waals surface area contributed by atoms with Crippen LogP contribution in [0.25, 0.3) is 0 Å². The summed E-state index contributed by atoms with van der Waals surface area (Å²) in [7, 11) is 3.97. The summed E-state index contributed by atoms with van der Waals surface area (Å²) < 4.78 is 0. The SMILES string of the molecule is CNC(NC)c1c(C)c(C)cc(C)c1C. The van der Waals surface area contributed by atoms with Crippen LogP contribution in [0, 0.1) is 27.7 Å².